The number of pyridine rings is 1. The van der Waals surface area contributed by atoms with Gasteiger partial charge in [-0.25, -0.2) is 9.78 Å². The summed E-state index contributed by atoms with van der Waals surface area (Å²) in [6.45, 7) is -1.83. The molecule has 0 radical (unpaired) electrons. The van der Waals surface area contributed by atoms with Crippen LogP contribution >= 0.6 is 35.0 Å². The van der Waals surface area contributed by atoms with Crippen molar-refractivity contribution >= 4 is 46.8 Å². The lowest BCUT2D eigenvalue weighted by Gasteiger charge is -2.26. The quantitative estimate of drug-likeness (QED) is 0.232. The molecule has 3 N–H and O–H groups in total. The first-order chi connectivity index (χ1) is 21.2. The van der Waals surface area contributed by atoms with Gasteiger partial charge in [0, 0.05) is 29.8 Å². The Hall–Kier alpha value is -3.12. The number of nitrogens with zero attached hydrogens (tertiary/aromatic N) is 1. The minimum atomic E-state index is -3.05. The summed E-state index contributed by atoms with van der Waals surface area (Å²) in [6, 6.07) is 11.6. The van der Waals surface area contributed by atoms with E-state index in [0.29, 0.717) is 64.5 Å². The Balaban J connectivity index is 1.41. The summed E-state index contributed by atoms with van der Waals surface area (Å²) in [4.78, 5) is 31.5. The number of hydrogen-bond donors (Lipinski definition) is 1. The van der Waals surface area contributed by atoms with Crippen molar-refractivity contribution in [3.05, 3.63) is 87.2 Å². The minimum Gasteiger partial charge on any atom is -0.489 e. The van der Waals surface area contributed by atoms with Gasteiger partial charge in [0.15, 0.2) is 29.3 Å². The number of nitrogens with two attached hydrogens (primary N) is 1. The molecule has 2 aromatic carbocycles. The maximum atomic E-state index is 13.7. The number of rotatable bonds is 13. The number of halogens is 4. The summed E-state index contributed by atoms with van der Waals surface area (Å²) >= 11 is 14.2. The van der Waals surface area contributed by atoms with Crippen molar-refractivity contribution in [1.82, 2.24) is 4.90 Å². The van der Waals surface area contributed by atoms with Crippen LogP contribution in [0.3, 0.4) is 0 Å². The molecular weight excluding hydrogens is 635 g/mol. The van der Waals surface area contributed by atoms with Crippen LogP contribution in [0.2, 0.25) is 10.0 Å². The van der Waals surface area contributed by atoms with E-state index in [1.54, 1.807) is 24.5 Å². The molecule has 13 heteroatoms. The number of aromatic nitrogens is 1. The molecule has 1 aliphatic heterocycles. The second kappa shape index (κ2) is 14.8. The average Bonchev–Trinajstić information content (AvgIpc) is 3.70. The summed E-state index contributed by atoms with van der Waals surface area (Å²) in [7, 11) is 0. The topological polar surface area (TPSA) is 105 Å². The number of carbonyl (C=O) groups is 2. The zero-order valence-corrected chi connectivity index (χ0v) is 26.0. The highest BCUT2D eigenvalue weighted by molar-refractivity contribution is 8.00. The van der Waals surface area contributed by atoms with Crippen LogP contribution in [-0.4, -0.2) is 54.2 Å². The highest BCUT2D eigenvalue weighted by Gasteiger charge is 2.38. The van der Waals surface area contributed by atoms with Crippen LogP contribution < -0.4 is 20.2 Å². The van der Waals surface area contributed by atoms with Gasteiger partial charge in [-0.3, -0.25) is 4.79 Å². The molecule has 2 fully saturated rings. The fourth-order valence-electron chi connectivity index (χ4n) is 4.83. The molecule has 2 aliphatic rings. The van der Waals surface area contributed by atoms with Crippen molar-refractivity contribution in [2.45, 2.75) is 43.8 Å². The molecule has 1 saturated carbocycles. The number of aromatic amines is 1. The van der Waals surface area contributed by atoms with Gasteiger partial charge < -0.3 is 24.8 Å². The van der Waals surface area contributed by atoms with Gasteiger partial charge in [-0.05, 0) is 67.1 Å². The normalized spacial score (nSPS) is 17.0. The fourth-order valence-corrected chi connectivity index (χ4v) is 6.46. The van der Waals surface area contributed by atoms with Crippen LogP contribution in [0.15, 0.2) is 54.9 Å². The van der Waals surface area contributed by atoms with E-state index in [1.807, 2.05) is 12.1 Å². The molecule has 1 aliphatic carbocycles. The van der Waals surface area contributed by atoms with Gasteiger partial charge in [-0.15, -0.1) is 11.8 Å². The first-order valence-electron chi connectivity index (χ1n) is 14.2. The van der Waals surface area contributed by atoms with Crippen molar-refractivity contribution in [3.8, 4) is 11.5 Å². The molecule has 1 aromatic heterocycles. The Bertz CT molecular complexity index is 1460. The number of carbonyl (C=O) groups excluding carboxylic acids is 2. The van der Waals surface area contributed by atoms with E-state index in [1.165, 1.54) is 34.9 Å². The summed E-state index contributed by atoms with van der Waals surface area (Å²) in [5.74, 6) is -0.0353. The first kappa shape index (κ1) is 32.3. The Morgan fingerprint density at radius 2 is 1.80 bits per heavy atom. The number of H-pyrrole nitrogens is 1. The van der Waals surface area contributed by atoms with Gasteiger partial charge >= 0.3 is 12.6 Å². The van der Waals surface area contributed by atoms with Crippen LogP contribution in [0.1, 0.15) is 46.0 Å². The third kappa shape index (κ3) is 8.12. The van der Waals surface area contributed by atoms with E-state index in [4.69, 9.17) is 38.4 Å². The third-order valence-electron chi connectivity index (χ3n) is 7.36. The van der Waals surface area contributed by atoms with E-state index >= 15 is 0 Å². The second-order valence-corrected chi connectivity index (χ2v) is 12.6. The SMILES string of the molecule is NCCc1ccc(C(=O)N2CCSC2C(=O)O[C@@H](Cc2c(Cl)c[nH+]cc2Cl)c2ccc(OC(F)F)c(OCC3CC3)c2)cc1. The molecule has 8 nitrogen and oxygen atoms in total. The van der Waals surface area contributed by atoms with Crippen molar-refractivity contribution in [2.75, 3.05) is 25.4 Å². The number of benzene rings is 2. The number of amides is 1. The number of hydrogen-bond acceptors (Lipinski definition) is 7. The van der Waals surface area contributed by atoms with Crippen molar-refractivity contribution < 1.29 is 37.6 Å². The number of alkyl halides is 2. The molecule has 1 saturated heterocycles. The van der Waals surface area contributed by atoms with Crippen molar-refractivity contribution in [3.63, 3.8) is 0 Å². The molecular formula is C31H32Cl2F2N3O5S+. The summed E-state index contributed by atoms with van der Waals surface area (Å²) in [5, 5.41) is -0.242. The Labute approximate surface area is 268 Å². The van der Waals surface area contributed by atoms with Gasteiger partial charge in [-0.2, -0.15) is 8.78 Å². The second-order valence-electron chi connectivity index (χ2n) is 10.6. The molecule has 44 heavy (non-hydrogen) atoms. The first-order valence-corrected chi connectivity index (χ1v) is 16.0. The molecule has 2 atom stereocenters. The molecule has 0 spiro atoms. The van der Waals surface area contributed by atoms with Gasteiger partial charge in [0.1, 0.15) is 16.1 Å². The summed E-state index contributed by atoms with van der Waals surface area (Å²) < 4.78 is 42.9. The highest BCUT2D eigenvalue weighted by atomic mass is 35.5. The highest BCUT2D eigenvalue weighted by Crippen LogP contribution is 2.38. The van der Waals surface area contributed by atoms with E-state index in [9.17, 15) is 18.4 Å². The Kier molecular flexibility index (Phi) is 10.8. The lowest BCUT2D eigenvalue weighted by molar-refractivity contribution is -0.377. The molecule has 5 rings (SSSR count). The Morgan fingerprint density at radius 3 is 2.45 bits per heavy atom. The van der Waals surface area contributed by atoms with Crippen LogP contribution in [0.4, 0.5) is 8.78 Å². The zero-order chi connectivity index (χ0) is 31.2. The predicted molar refractivity (Wildman–Crippen MR) is 163 cm³/mol. The van der Waals surface area contributed by atoms with E-state index in [0.717, 1.165) is 18.4 Å². The standard InChI is InChI=1S/C31H31Cl2F2N3O5S/c32-23-15-37-16-24(33)22(23)14-26(21-7-8-25(43-31(34)35)27(13-21)41-17-19-1-2-19)42-30(40)29-38(11-12-44-29)28(39)20-5-3-18(4-6-20)9-10-36/h3-8,13,15-16,19,26,29,31H,1-2,9-12,14,17,36H2/p+1/t26-,29?/m0/s1. The predicted octanol–water partition coefficient (Wildman–Crippen LogP) is 5.74. The van der Waals surface area contributed by atoms with Crippen LogP contribution in [0, 0.1) is 5.92 Å². The molecule has 1 unspecified atom stereocenters. The summed E-state index contributed by atoms with van der Waals surface area (Å²) in [5.41, 5.74) is 8.07. The van der Waals surface area contributed by atoms with Gasteiger partial charge in [0.2, 0.25) is 0 Å². The maximum absolute atomic E-state index is 13.7. The lowest BCUT2D eigenvalue weighted by Crippen LogP contribution is -2.40. The van der Waals surface area contributed by atoms with Crippen LogP contribution in [0.25, 0.3) is 0 Å². The van der Waals surface area contributed by atoms with E-state index in [2.05, 4.69) is 9.72 Å². The molecule has 0 bridgehead atoms. The largest absolute Gasteiger partial charge is 0.489 e. The monoisotopic (exact) mass is 666 g/mol. The number of thioether (sulfide) groups is 1. The van der Waals surface area contributed by atoms with Crippen molar-refractivity contribution in [2.24, 2.45) is 11.7 Å². The molecule has 1 amide bonds. The van der Waals surface area contributed by atoms with Crippen LogP contribution in [0.5, 0.6) is 11.5 Å². The third-order valence-corrected chi connectivity index (χ3v) is 9.21. The van der Waals surface area contributed by atoms with E-state index in [-0.39, 0.29) is 23.8 Å². The minimum absolute atomic E-state index is 0.0726. The molecule has 3 aromatic rings. The summed E-state index contributed by atoms with van der Waals surface area (Å²) in [6.07, 6.45) is 4.92. The van der Waals surface area contributed by atoms with Gasteiger partial charge in [0.05, 0.1) is 6.61 Å². The lowest BCUT2D eigenvalue weighted by atomic mass is 10.0. The van der Waals surface area contributed by atoms with Gasteiger partial charge in [0.25, 0.3) is 5.91 Å². The van der Waals surface area contributed by atoms with Crippen LogP contribution in [-0.2, 0) is 22.4 Å². The van der Waals surface area contributed by atoms with Crippen molar-refractivity contribution in [1.29, 1.82) is 0 Å². The number of esters is 1. The van der Waals surface area contributed by atoms with Gasteiger partial charge in [-0.1, -0.05) is 41.4 Å². The molecule has 234 valence electrons. The number of nitrogens with one attached hydrogen (secondary N) is 1. The maximum Gasteiger partial charge on any atom is 0.387 e. The van der Waals surface area contributed by atoms with E-state index < -0.39 is 24.1 Å². The number of ether oxygens (including phenoxy) is 3. The molecule has 2 heterocycles. The fraction of sp³-hybridized carbons (Fsp3) is 0.387. The zero-order valence-electron chi connectivity index (χ0n) is 23.6. The Morgan fingerprint density at radius 1 is 1.07 bits per heavy atom. The average molecular weight is 668 g/mol. The smallest absolute Gasteiger partial charge is 0.387 e.